The number of carbonyl (C=O) groups excluding carboxylic acids is 1. The van der Waals surface area contributed by atoms with E-state index in [4.69, 9.17) is 5.73 Å². The first kappa shape index (κ1) is 14.9. The molecular formula is C15H18N6O2. The Morgan fingerprint density at radius 1 is 1.48 bits per heavy atom. The van der Waals surface area contributed by atoms with Crippen molar-refractivity contribution in [3.63, 3.8) is 0 Å². The van der Waals surface area contributed by atoms with Crippen LogP contribution in [0.2, 0.25) is 0 Å². The van der Waals surface area contributed by atoms with Crippen molar-refractivity contribution in [3.8, 4) is 5.75 Å². The normalized spacial score (nSPS) is 12.5. The fourth-order valence-corrected chi connectivity index (χ4v) is 2.67. The third-order valence-corrected chi connectivity index (χ3v) is 3.98. The number of anilines is 1. The number of nitrogens with two attached hydrogens (primary N) is 1. The van der Waals surface area contributed by atoms with Crippen LogP contribution in [0.1, 0.15) is 34.8 Å². The second-order valence-corrected chi connectivity index (χ2v) is 5.49. The molecule has 0 saturated carbocycles. The van der Waals surface area contributed by atoms with Gasteiger partial charge in [-0.2, -0.15) is 4.98 Å². The summed E-state index contributed by atoms with van der Waals surface area (Å²) in [6, 6.07) is 4.60. The molecule has 0 aliphatic rings. The van der Waals surface area contributed by atoms with Crippen LogP contribution in [0.5, 0.6) is 5.75 Å². The van der Waals surface area contributed by atoms with Gasteiger partial charge in [0.2, 0.25) is 5.95 Å². The van der Waals surface area contributed by atoms with Crippen molar-refractivity contribution in [2.75, 3.05) is 5.73 Å². The average Bonchev–Trinajstić information content (AvgIpc) is 3.02. The molecule has 3 rings (SSSR count). The number of aromatic amines is 1. The van der Waals surface area contributed by atoms with Gasteiger partial charge in [0.1, 0.15) is 11.6 Å². The topological polar surface area (TPSA) is 122 Å². The molecule has 0 fully saturated rings. The Kier molecular flexibility index (Phi) is 3.44. The molecule has 23 heavy (non-hydrogen) atoms. The van der Waals surface area contributed by atoms with Gasteiger partial charge in [0.15, 0.2) is 0 Å². The standard InChI is InChI=1S/C15H18N6O2/c1-7(13-18-15(16)20-19-13)17-14(23)12-8(2)21(3)11-5-4-9(22)6-10(11)12/h4-7,22H,1-3H3,(H,17,23)(H3,16,18,19,20)/t7-/m1/s1. The van der Waals surface area contributed by atoms with E-state index in [1.807, 2.05) is 18.5 Å². The number of phenols is 1. The maximum Gasteiger partial charge on any atom is 0.254 e. The first-order valence-corrected chi connectivity index (χ1v) is 7.15. The number of nitrogens with one attached hydrogen (secondary N) is 2. The molecule has 8 heteroatoms. The maximum atomic E-state index is 12.7. The van der Waals surface area contributed by atoms with Gasteiger partial charge in [-0.15, -0.1) is 5.10 Å². The van der Waals surface area contributed by atoms with Crippen LogP contribution < -0.4 is 11.1 Å². The summed E-state index contributed by atoms with van der Waals surface area (Å²) < 4.78 is 1.92. The van der Waals surface area contributed by atoms with E-state index in [9.17, 15) is 9.90 Å². The number of fused-ring (bicyclic) bond motifs is 1. The minimum Gasteiger partial charge on any atom is -0.508 e. The highest BCUT2D eigenvalue weighted by atomic mass is 16.3. The molecule has 0 saturated heterocycles. The number of phenolic OH excluding ortho intramolecular Hbond substituents is 1. The SMILES string of the molecule is Cc1c(C(=O)N[C@H](C)c2nc(N)n[nH]2)c2cc(O)ccc2n1C. The van der Waals surface area contributed by atoms with Crippen molar-refractivity contribution in [1.29, 1.82) is 0 Å². The molecule has 0 aliphatic heterocycles. The van der Waals surface area contributed by atoms with Crippen molar-refractivity contribution in [2.24, 2.45) is 7.05 Å². The number of amides is 1. The minimum absolute atomic E-state index is 0.119. The molecule has 120 valence electrons. The second kappa shape index (κ2) is 5.31. The van der Waals surface area contributed by atoms with Crippen molar-refractivity contribution in [2.45, 2.75) is 19.9 Å². The Morgan fingerprint density at radius 3 is 2.87 bits per heavy atom. The first-order valence-electron chi connectivity index (χ1n) is 7.15. The lowest BCUT2D eigenvalue weighted by Gasteiger charge is -2.11. The van der Waals surface area contributed by atoms with Crippen LogP contribution in [0.3, 0.4) is 0 Å². The molecule has 8 nitrogen and oxygen atoms in total. The summed E-state index contributed by atoms with van der Waals surface area (Å²) in [7, 11) is 1.88. The van der Waals surface area contributed by atoms with E-state index in [-0.39, 0.29) is 23.6 Å². The number of carbonyl (C=O) groups is 1. The van der Waals surface area contributed by atoms with E-state index in [0.717, 1.165) is 11.2 Å². The van der Waals surface area contributed by atoms with Crippen LogP contribution in [0, 0.1) is 6.92 Å². The molecule has 0 spiro atoms. The molecule has 1 amide bonds. The molecule has 5 N–H and O–H groups in total. The van der Waals surface area contributed by atoms with E-state index in [2.05, 4.69) is 20.5 Å². The summed E-state index contributed by atoms with van der Waals surface area (Å²) in [6.07, 6.45) is 0. The fraction of sp³-hybridized carbons (Fsp3) is 0.267. The first-order chi connectivity index (χ1) is 10.9. The summed E-state index contributed by atoms with van der Waals surface area (Å²) in [5.74, 6) is 0.485. The summed E-state index contributed by atoms with van der Waals surface area (Å²) >= 11 is 0. The molecule has 0 aliphatic carbocycles. The zero-order chi connectivity index (χ0) is 16.7. The van der Waals surface area contributed by atoms with Gasteiger partial charge in [0.05, 0.1) is 11.6 Å². The Hall–Kier alpha value is -3.03. The monoisotopic (exact) mass is 314 g/mol. The fourth-order valence-electron chi connectivity index (χ4n) is 2.67. The zero-order valence-electron chi connectivity index (χ0n) is 13.1. The van der Waals surface area contributed by atoms with Crippen LogP contribution in [-0.2, 0) is 7.05 Å². The number of benzene rings is 1. The predicted molar refractivity (Wildman–Crippen MR) is 86.0 cm³/mol. The van der Waals surface area contributed by atoms with Gasteiger partial charge in [-0.25, -0.2) is 0 Å². The van der Waals surface area contributed by atoms with Crippen LogP contribution in [-0.4, -0.2) is 30.8 Å². The summed E-state index contributed by atoms with van der Waals surface area (Å²) in [5, 5.41) is 19.7. The molecule has 0 unspecified atom stereocenters. The van der Waals surface area contributed by atoms with Gasteiger partial charge in [-0.1, -0.05) is 0 Å². The molecule has 2 aromatic heterocycles. The Bertz CT molecular complexity index is 895. The number of aromatic hydroxyl groups is 1. The lowest BCUT2D eigenvalue weighted by Crippen LogP contribution is -2.28. The third kappa shape index (κ3) is 2.48. The molecular weight excluding hydrogens is 296 g/mol. The van der Waals surface area contributed by atoms with Crippen molar-refractivity contribution >= 4 is 22.8 Å². The third-order valence-electron chi connectivity index (χ3n) is 3.98. The quantitative estimate of drug-likeness (QED) is 0.582. The van der Waals surface area contributed by atoms with Gasteiger partial charge in [-0.05, 0) is 32.0 Å². The lowest BCUT2D eigenvalue weighted by atomic mass is 10.1. The van der Waals surface area contributed by atoms with E-state index >= 15 is 0 Å². The molecule has 1 aromatic carbocycles. The van der Waals surface area contributed by atoms with E-state index in [0.29, 0.717) is 16.8 Å². The molecule has 3 aromatic rings. The Morgan fingerprint density at radius 2 is 2.22 bits per heavy atom. The number of nitrogen functional groups attached to an aromatic ring is 1. The number of aryl methyl sites for hydroxylation is 1. The number of H-pyrrole nitrogens is 1. The Labute approximate surface area is 132 Å². The van der Waals surface area contributed by atoms with Crippen LogP contribution in [0.4, 0.5) is 5.95 Å². The molecule has 0 bridgehead atoms. The largest absolute Gasteiger partial charge is 0.508 e. The van der Waals surface area contributed by atoms with Gasteiger partial charge in [0.25, 0.3) is 5.91 Å². The Balaban J connectivity index is 1.98. The van der Waals surface area contributed by atoms with Crippen molar-refractivity contribution in [3.05, 3.63) is 35.3 Å². The number of aromatic nitrogens is 4. The molecule has 2 heterocycles. The van der Waals surface area contributed by atoms with Crippen LogP contribution in [0.15, 0.2) is 18.2 Å². The molecule has 1 atom stereocenters. The highest BCUT2D eigenvalue weighted by molar-refractivity contribution is 6.08. The average molecular weight is 314 g/mol. The van der Waals surface area contributed by atoms with Crippen LogP contribution in [0.25, 0.3) is 10.9 Å². The van der Waals surface area contributed by atoms with E-state index < -0.39 is 0 Å². The van der Waals surface area contributed by atoms with E-state index in [1.54, 1.807) is 25.1 Å². The summed E-state index contributed by atoms with van der Waals surface area (Å²) in [6.45, 7) is 3.65. The summed E-state index contributed by atoms with van der Waals surface area (Å²) in [4.78, 5) is 16.7. The van der Waals surface area contributed by atoms with Crippen molar-refractivity contribution in [1.82, 2.24) is 25.1 Å². The van der Waals surface area contributed by atoms with Gasteiger partial charge >= 0.3 is 0 Å². The van der Waals surface area contributed by atoms with Gasteiger partial charge in [0, 0.05) is 23.6 Å². The highest BCUT2D eigenvalue weighted by Crippen LogP contribution is 2.28. The highest BCUT2D eigenvalue weighted by Gasteiger charge is 2.21. The van der Waals surface area contributed by atoms with Crippen LogP contribution >= 0.6 is 0 Å². The zero-order valence-corrected chi connectivity index (χ0v) is 13.1. The number of rotatable bonds is 3. The van der Waals surface area contributed by atoms with E-state index in [1.165, 1.54) is 0 Å². The smallest absolute Gasteiger partial charge is 0.254 e. The number of hydrogen-bond donors (Lipinski definition) is 4. The summed E-state index contributed by atoms with van der Waals surface area (Å²) in [5.41, 5.74) is 7.69. The maximum absolute atomic E-state index is 12.7. The second-order valence-electron chi connectivity index (χ2n) is 5.49. The predicted octanol–water partition coefficient (Wildman–Crippen LogP) is 1.38. The van der Waals surface area contributed by atoms with Gasteiger partial charge in [-0.3, -0.25) is 9.89 Å². The van der Waals surface area contributed by atoms with Crippen molar-refractivity contribution < 1.29 is 9.90 Å². The number of hydrogen-bond acceptors (Lipinski definition) is 5. The number of nitrogens with zero attached hydrogens (tertiary/aromatic N) is 3. The van der Waals surface area contributed by atoms with Gasteiger partial charge < -0.3 is 20.7 Å². The minimum atomic E-state index is -0.376. The lowest BCUT2D eigenvalue weighted by molar-refractivity contribution is 0.0939. The molecule has 0 radical (unpaired) electrons.